The van der Waals surface area contributed by atoms with Crippen LogP contribution in [0.15, 0.2) is 79.0 Å². The van der Waals surface area contributed by atoms with Crippen molar-refractivity contribution in [2.75, 3.05) is 19.8 Å². The van der Waals surface area contributed by atoms with Gasteiger partial charge in [0.1, 0.15) is 5.69 Å². The van der Waals surface area contributed by atoms with Crippen molar-refractivity contribution in [3.05, 3.63) is 108 Å². The van der Waals surface area contributed by atoms with Crippen LogP contribution in [0.1, 0.15) is 51.3 Å². The standard InChI is InChI=1S/C38H42F3N3O6/c1-5-48-36(45)38(37(46)49-6-2,18-17-26-13-9-7-10-14-26)35-25(4)34(24(3)32(50-35)23-47-22-27-15-11-8-12-16-27)44-21-31(42-43-44)28-19-29(39)33(41)30(40)20-28/h7-16,19-21,24-25,32,34-35H,5-6,17-18,22-23H2,1-4H3/t24-,25?,32?,34-,35+/m0/s1. The second kappa shape index (κ2) is 16.4. The fourth-order valence-electron chi connectivity index (χ4n) is 6.85. The number of hydrogen-bond donors (Lipinski definition) is 0. The molecule has 0 saturated carbocycles. The molecule has 4 aromatic rings. The Morgan fingerprint density at radius 1 is 0.860 bits per heavy atom. The average molecular weight is 694 g/mol. The maximum Gasteiger partial charge on any atom is 0.326 e. The van der Waals surface area contributed by atoms with Crippen LogP contribution in [0.4, 0.5) is 13.2 Å². The molecule has 1 saturated heterocycles. The molecular weight excluding hydrogens is 651 g/mol. The van der Waals surface area contributed by atoms with Crippen LogP contribution < -0.4 is 0 Å². The van der Waals surface area contributed by atoms with Gasteiger partial charge in [-0.2, -0.15) is 0 Å². The summed E-state index contributed by atoms with van der Waals surface area (Å²) in [7, 11) is 0. The molecule has 5 atom stereocenters. The van der Waals surface area contributed by atoms with Crippen LogP contribution in [0.25, 0.3) is 11.3 Å². The van der Waals surface area contributed by atoms with Crippen LogP contribution in [0.3, 0.4) is 0 Å². The number of hydrogen-bond acceptors (Lipinski definition) is 8. The Labute approximate surface area is 289 Å². The second-order valence-corrected chi connectivity index (χ2v) is 12.5. The number of aromatic nitrogens is 3. The second-order valence-electron chi connectivity index (χ2n) is 12.5. The highest BCUT2D eigenvalue weighted by Crippen LogP contribution is 2.48. The summed E-state index contributed by atoms with van der Waals surface area (Å²) in [6.07, 6.45) is 0.144. The van der Waals surface area contributed by atoms with Crippen LogP contribution in [0.5, 0.6) is 0 Å². The van der Waals surface area contributed by atoms with Crippen LogP contribution >= 0.6 is 0 Å². The van der Waals surface area contributed by atoms with Gasteiger partial charge in [0.25, 0.3) is 0 Å². The number of carbonyl (C=O) groups excluding carboxylic acids is 2. The molecule has 0 N–H and O–H groups in total. The van der Waals surface area contributed by atoms with Gasteiger partial charge < -0.3 is 18.9 Å². The minimum atomic E-state index is -1.88. The van der Waals surface area contributed by atoms with E-state index in [9.17, 15) is 22.8 Å². The fourth-order valence-corrected chi connectivity index (χ4v) is 6.85. The normalized spacial score (nSPS) is 20.7. The van der Waals surface area contributed by atoms with E-state index in [-0.39, 0.29) is 43.4 Å². The zero-order chi connectivity index (χ0) is 35.8. The summed E-state index contributed by atoms with van der Waals surface area (Å²) in [6, 6.07) is 20.2. The summed E-state index contributed by atoms with van der Waals surface area (Å²) in [5.41, 5.74) is 0.0701. The van der Waals surface area contributed by atoms with Crippen molar-refractivity contribution in [1.82, 2.24) is 15.0 Å². The lowest BCUT2D eigenvalue weighted by Gasteiger charge is -2.49. The first kappa shape index (κ1) is 36.7. The molecule has 0 radical (unpaired) electrons. The highest BCUT2D eigenvalue weighted by atomic mass is 19.2. The maximum atomic E-state index is 14.2. The number of halogens is 3. The molecule has 0 bridgehead atoms. The molecule has 3 aromatic carbocycles. The average Bonchev–Trinajstić information content (AvgIpc) is 3.60. The number of carbonyl (C=O) groups is 2. The van der Waals surface area contributed by atoms with Crippen LogP contribution in [0.2, 0.25) is 0 Å². The molecule has 0 amide bonds. The van der Waals surface area contributed by atoms with Crippen LogP contribution in [0, 0.1) is 34.7 Å². The third-order valence-corrected chi connectivity index (χ3v) is 9.37. The van der Waals surface area contributed by atoms with E-state index in [2.05, 4.69) is 10.3 Å². The zero-order valence-corrected chi connectivity index (χ0v) is 28.6. The van der Waals surface area contributed by atoms with Gasteiger partial charge in [-0.15, -0.1) is 5.10 Å². The molecule has 5 rings (SSSR count). The molecule has 50 heavy (non-hydrogen) atoms. The van der Waals surface area contributed by atoms with E-state index in [0.717, 1.165) is 23.3 Å². The topological polar surface area (TPSA) is 102 Å². The molecule has 12 heteroatoms. The van der Waals surface area contributed by atoms with Crippen LogP contribution in [-0.2, 0) is 41.6 Å². The largest absolute Gasteiger partial charge is 0.465 e. The summed E-state index contributed by atoms with van der Waals surface area (Å²) in [6.45, 7) is 7.56. The summed E-state index contributed by atoms with van der Waals surface area (Å²) >= 11 is 0. The lowest BCUT2D eigenvalue weighted by Crippen LogP contribution is -2.61. The van der Waals surface area contributed by atoms with Crippen molar-refractivity contribution in [3.63, 3.8) is 0 Å². The Kier molecular flexibility index (Phi) is 12.1. The molecule has 9 nitrogen and oxygen atoms in total. The van der Waals surface area contributed by atoms with Gasteiger partial charge in [0.2, 0.25) is 0 Å². The smallest absolute Gasteiger partial charge is 0.326 e. The van der Waals surface area contributed by atoms with E-state index < -0.39 is 59.0 Å². The minimum absolute atomic E-state index is 0.00503. The highest BCUT2D eigenvalue weighted by Gasteiger charge is 2.61. The molecule has 2 heterocycles. The van der Waals surface area contributed by atoms with E-state index in [4.69, 9.17) is 18.9 Å². The predicted molar refractivity (Wildman–Crippen MR) is 178 cm³/mol. The summed E-state index contributed by atoms with van der Waals surface area (Å²) in [5.74, 6) is -6.74. The maximum absolute atomic E-state index is 14.2. The lowest BCUT2D eigenvalue weighted by molar-refractivity contribution is -0.220. The number of aryl methyl sites for hydroxylation is 1. The van der Waals surface area contributed by atoms with Gasteiger partial charge in [0, 0.05) is 17.4 Å². The third-order valence-electron chi connectivity index (χ3n) is 9.37. The van der Waals surface area contributed by atoms with Gasteiger partial charge in [-0.3, -0.25) is 9.59 Å². The highest BCUT2D eigenvalue weighted by molar-refractivity contribution is 6.01. The van der Waals surface area contributed by atoms with Crippen molar-refractivity contribution in [2.45, 2.75) is 65.4 Å². The molecule has 0 spiro atoms. The van der Waals surface area contributed by atoms with Gasteiger partial charge in [-0.05, 0) is 49.9 Å². The molecule has 1 aliphatic heterocycles. The molecule has 2 unspecified atom stereocenters. The first-order chi connectivity index (χ1) is 24.1. The first-order valence-corrected chi connectivity index (χ1v) is 16.8. The third kappa shape index (κ3) is 7.76. The van der Waals surface area contributed by atoms with Crippen molar-refractivity contribution in [2.24, 2.45) is 17.3 Å². The quantitative estimate of drug-likeness (QED) is 0.0799. The van der Waals surface area contributed by atoms with Crippen molar-refractivity contribution in [1.29, 1.82) is 0 Å². The van der Waals surface area contributed by atoms with E-state index in [0.29, 0.717) is 13.0 Å². The summed E-state index contributed by atoms with van der Waals surface area (Å²) in [5, 5.41) is 8.50. The molecule has 1 aliphatic rings. The minimum Gasteiger partial charge on any atom is -0.465 e. The van der Waals surface area contributed by atoms with E-state index in [1.54, 1.807) is 18.5 Å². The van der Waals surface area contributed by atoms with Gasteiger partial charge in [0.05, 0.1) is 50.9 Å². The van der Waals surface area contributed by atoms with Gasteiger partial charge in [-0.1, -0.05) is 79.7 Å². The SMILES string of the molecule is CCOC(=O)C(CCc1ccccc1)(C(=O)OCC)[C@@H]1OC(COCc2ccccc2)[C@H](C)[C@H](n2cc(-c3cc(F)c(F)c(F)c3)nn2)C1C. The molecule has 0 aliphatic carbocycles. The van der Waals surface area contributed by atoms with E-state index in [1.807, 2.05) is 74.5 Å². The molecular formula is C38H42F3N3O6. The Bertz CT molecular complexity index is 1700. The molecule has 266 valence electrons. The van der Waals surface area contributed by atoms with E-state index >= 15 is 0 Å². The fraction of sp³-hybridized carbons (Fsp3) is 0.421. The monoisotopic (exact) mass is 693 g/mol. The van der Waals surface area contributed by atoms with Crippen molar-refractivity contribution >= 4 is 11.9 Å². The number of ether oxygens (including phenoxy) is 4. The number of rotatable bonds is 14. The van der Waals surface area contributed by atoms with Gasteiger partial charge in [-0.25, -0.2) is 17.9 Å². The molecule has 1 aromatic heterocycles. The zero-order valence-electron chi connectivity index (χ0n) is 28.6. The molecule has 1 fully saturated rings. The van der Waals surface area contributed by atoms with Crippen LogP contribution in [-0.4, -0.2) is 59.0 Å². The summed E-state index contributed by atoms with van der Waals surface area (Å²) in [4.78, 5) is 28.4. The number of benzene rings is 3. The Morgan fingerprint density at radius 3 is 2.02 bits per heavy atom. The Balaban J connectivity index is 1.58. The predicted octanol–water partition coefficient (Wildman–Crippen LogP) is 6.91. The first-order valence-electron chi connectivity index (χ1n) is 16.8. The Morgan fingerprint density at radius 2 is 1.44 bits per heavy atom. The Hall–Kier alpha value is -4.55. The van der Waals surface area contributed by atoms with Crippen molar-refractivity contribution in [3.8, 4) is 11.3 Å². The van der Waals surface area contributed by atoms with Crippen molar-refractivity contribution < 1.29 is 41.7 Å². The number of nitrogens with zero attached hydrogens (tertiary/aromatic N) is 3. The van der Waals surface area contributed by atoms with E-state index in [1.165, 1.54) is 6.20 Å². The van der Waals surface area contributed by atoms with Gasteiger partial charge in [0.15, 0.2) is 22.9 Å². The number of esters is 2. The van der Waals surface area contributed by atoms with Gasteiger partial charge >= 0.3 is 11.9 Å². The summed E-state index contributed by atoms with van der Waals surface area (Å²) < 4.78 is 67.8. The lowest BCUT2D eigenvalue weighted by atomic mass is 9.67.